The van der Waals surface area contributed by atoms with Crippen LogP contribution in [0.1, 0.15) is 39.5 Å². The van der Waals surface area contributed by atoms with Crippen molar-refractivity contribution in [1.82, 2.24) is 15.1 Å². The van der Waals surface area contributed by atoms with Gasteiger partial charge in [0, 0.05) is 18.2 Å². The third-order valence-corrected chi connectivity index (χ3v) is 6.14. The third kappa shape index (κ3) is 4.52. The van der Waals surface area contributed by atoms with Gasteiger partial charge in [0.1, 0.15) is 11.5 Å². The highest BCUT2D eigenvalue weighted by Crippen LogP contribution is 2.24. The van der Waals surface area contributed by atoms with Gasteiger partial charge in [-0.3, -0.25) is 4.79 Å². The minimum atomic E-state index is -4.00. The van der Waals surface area contributed by atoms with Crippen molar-refractivity contribution in [3.8, 4) is 17.2 Å². The molecule has 1 saturated heterocycles. The van der Waals surface area contributed by atoms with Gasteiger partial charge in [-0.1, -0.05) is 12.0 Å². The van der Waals surface area contributed by atoms with Crippen LogP contribution in [0.5, 0.6) is 5.75 Å². The molecule has 8 nitrogen and oxygen atoms in total. The lowest BCUT2D eigenvalue weighted by Crippen LogP contribution is -2.45. The molecule has 1 aromatic heterocycles. The van der Waals surface area contributed by atoms with Gasteiger partial charge >= 0.3 is 5.22 Å². The van der Waals surface area contributed by atoms with E-state index >= 15 is 0 Å². The molecule has 1 amide bonds. The number of carbonyl (C=O) groups excluding carboxylic acids is 1. The summed E-state index contributed by atoms with van der Waals surface area (Å²) in [7, 11) is -4.00. The van der Waals surface area contributed by atoms with E-state index in [4.69, 9.17) is 9.15 Å². The van der Waals surface area contributed by atoms with Gasteiger partial charge in [0.05, 0.1) is 6.61 Å². The molecule has 0 spiro atoms. The van der Waals surface area contributed by atoms with Gasteiger partial charge in [0.25, 0.3) is 0 Å². The van der Waals surface area contributed by atoms with E-state index in [-0.39, 0.29) is 11.9 Å². The van der Waals surface area contributed by atoms with E-state index in [0.29, 0.717) is 24.5 Å². The van der Waals surface area contributed by atoms with Crippen molar-refractivity contribution in [2.75, 3.05) is 18.9 Å². The Kier molecular flexibility index (Phi) is 6.33. The number of hydrogen-bond acceptors (Lipinski definition) is 7. The molecule has 1 aliphatic heterocycles. The normalized spacial score (nSPS) is 17.5. The maximum atomic E-state index is 12.6. The van der Waals surface area contributed by atoms with Crippen molar-refractivity contribution >= 4 is 15.7 Å². The molecular weight excluding hydrogens is 382 g/mol. The standard InChI is InChI=1S/C19H25N3O5S/c1-3-15-7-5-6-12-22(15)17(23)13-28(24,25)19-21-20-18(27-19)14-8-10-16(11-9-14)26-4-2/h8-11,15H,3-7,12-13H2,1-2H3. The van der Waals surface area contributed by atoms with E-state index in [1.165, 1.54) is 0 Å². The van der Waals surface area contributed by atoms with Crippen molar-refractivity contribution in [3.05, 3.63) is 24.3 Å². The van der Waals surface area contributed by atoms with E-state index < -0.39 is 26.7 Å². The molecule has 152 valence electrons. The zero-order chi connectivity index (χ0) is 20.1. The van der Waals surface area contributed by atoms with E-state index in [1.807, 2.05) is 13.8 Å². The Morgan fingerprint density at radius 3 is 2.64 bits per heavy atom. The molecule has 3 rings (SSSR count). The van der Waals surface area contributed by atoms with Crippen molar-refractivity contribution in [3.63, 3.8) is 0 Å². The van der Waals surface area contributed by atoms with E-state index in [1.54, 1.807) is 29.2 Å². The van der Waals surface area contributed by atoms with Gasteiger partial charge < -0.3 is 14.1 Å². The summed E-state index contributed by atoms with van der Waals surface area (Å²) in [6, 6.07) is 6.99. The van der Waals surface area contributed by atoms with Crippen LogP contribution in [0.4, 0.5) is 0 Å². The summed E-state index contributed by atoms with van der Waals surface area (Å²) < 4.78 is 35.9. The number of benzene rings is 1. The smallest absolute Gasteiger partial charge is 0.336 e. The van der Waals surface area contributed by atoms with Crippen molar-refractivity contribution < 1.29 is 22.4 Å². The van der Waals surface area contributed by atoms with Crippen molar-refractivity contribution in [1.29, 1.82) is 0 Å². The topological polar surface area (TPSA) is 103 Å². The molecule has 0 N–H and O–H groups in total. The molecular formula is C19H25N3O5S. The van der Waals surface area contributed by atoms with Crippen molar-refractivity contribution in [2.24, 2.45) is 0 Å². The first-order valence-electron chi connectivity index (χ1n) is 9.53. The van der Waals surface area contributed by atoms with Gasteiger partial charge in [0.15, 0.2) is 0 Å². The van der Waals surface area contributed by atoms with Crippen molar-refractivity contribution in [2.45, 2.75) is 50.8 Å². The first-order valence-corrected chi connectivity index (χ1v) is 11.2. The van der Waals surface area contributed by atoms with Gasteiger partial charge in [0.2, 0.25) is 21.6 Å². The third-order valence-electron chi connectivity index (χ3n) is 4.82. The predicted molar refractivity (Wildman–Crippen MR) is 103 cm³/mol. The average Bonchev–Trinajstić information content (AvgIpc) is 3.20. The summed E-state index contributed by atoms with van der Waals surface area (Å²) in [6.45, 7) is 5.03. The second-order valence-electron chi connectivity index (χ2n) is 6.73. The van der Waals surface area contributed by atoms with E-state index in [2.05, 4.69) is 10.2 Å². The number of aromatic nitrogens is 2. The molecule has 0 radical (unpaired) electrons. The number of nitrogens with zero attached hydrogens (tertiary/aromatic N) is 3. The summed E-state index contributed by atoms with van der Waals surface area (Å²) in [4.78, 5) is 14.2. The molecule has 0 aliphatic carbocycles. The maximum Gasteiger partial charge on any atom is 0.336 e. The van der Waals surface area contributed by atoms with Crippen LogP contribution in [0.3, 0.4) is 0 Å². The van der Waals surface area contributed by atoms with Gasteiger partial charge in [-0.15, -0.1) is 5.10 Å². The molecule has 28 heavy (non-hydrogen) atoms. The molecule has 2 aromatic rings. The fourth-order valence-corrected chi connectivity index (χ4v) is 4.36. The second kappa shape index (κ2) is 8.72. The van der Waals surface area contributed by atoms with Crippen LogP contribution in [-0.4, -0.2) is 54.4 Å². The zero-order valence-electron chi connectivity index (χ0n) is 16.1. The minimum absolute atomic E-state index is 0.0819. The number of amides is 1. The van der Waals surface area contributed by atoms with E-state index in [0.717, 1.165) is 25.7 Å². The highest BCUT2D eigenvalue weighted by Gasteiger charge is 2.32. The van der Waals surface area contributed by atoms with Crippen LogP contribution >= 0.6 is 0 Å². The Labute approximate surface area is 164 Å². The molecule has 1 aromatic carbocycles. The quantitative estimate of drug-likeness (QED) is 0.695. The van der Waals surface area contributed by atoms with Crippen LogP contribution in [0.25, 0.3) is 11.5 Å². The lowest BCUT2D eigenvalue weighted by atomic mass is 10.0. The number of piperidine rings is 1. The fraction of sp³-hybridized carbons (Fsp3) is 0.526. The highest BCUT2D eigenvalue weighted by atomic mass is 32.2. The Morgan fingerprint density at radius 2 is 1.96 bits per heavy atom. The summed E-state index contributed by atoms with van der Waals surface area (Å²) in [5.41, 5.74) is 0.575. The summed E-state index contributed by atoms with van der Waals surface area (Å²) in [5, 5.41) is 6.94. The lowest BCUT2D eigenvalue weighted by Gasteiger charge is -2.35. The Hall–Kier alpha value is -2.42. The van der Waals surface area contributed by atoms with Gasteiger partial charge in [-0.2, -0.15) is 0 Å². The fourth-order valence-electron chi connectivity index (χ4n) is 3.37. The molecule has 0 saturated carbocycles. The van der Waals surface area contributed by atoms with Crippen LogP contribution < -0.4 is 4.74 Å². The number of ether oxygens (including phenoxy) is 1. The number of rotatable bonds is 7. The first kappa shape index (κ1) is 20.3. The first-order chi connectivity index (χ1) is 13.4. The van der Waals surface area contributed by atoms with Gasteiger partial charge in [-0.25, -0.2) is 8.42 Å². The Bertz CT molecular complexity index is 908. The minimum Gasteiger partial charge on any atom is -0.494 e. The summed E-state index contributed by atoms with van der Waals surface area (Å²) in [6.07, 6.45) is 3.67. The number of sulfone groups is 1. The summed E-state index contributed by atoms with van der Waals surface area (Å²) in [5.74, 6) is -0.295. The van der Waals surface area contributed by atoms with Crippen LogP contribution in [0.2, 0.25) is 0 Å². The molecule has 9 heteroatoms. The van der Waals surface area contributed by atoms with Crippen LogP contribution in [-0.2, 0) is 14.6 Å². The zero-order valence-corrected chi connectivity index (χ0v) is 16.9. The van der Waals surface area contributed by atoms with Crippen LogP contribution in [0.15, 0.2) is 33.9 Å². The largest absolute Gasteiger partial charge is 0.494 e. The Morgan fingerprint density at radius 1 is 1.21 bits per heavy atom. The molecule has 1 fully saturated rings. The van der Waals surface area contributed by atoms with E-state index in [9.17, 15) is 13.2 Å². The van der Waals surface area contributed by atoms with Gasteiger partial charge in [-0.05, 0) is 56.9 Å². The van der Waals surface area contributed by atoms with Crippen LogP contribution in [0, 0.1) is 0 Å². The molecule has 0 bridgehead atoms. The Balaban J connectivity index is 1.73. The lowest BCUT2D eigenvalue weighted by molar-refractivity contribution is -0.132. The number of carbonyl (C=O) groups is 1. The average molecular weight is 407 g/mol. The second-order valence-corrected chi connectivity index (χ2v) is 8.60. The highest BCUT2D eigenvalue weighted by molar-refractivity contribution is 7.91. The molecule has 1 aliphatic rings. The summed E-state index contributed by atoms with van der Waals surface area (Å²) >= 11 is 0. The molecule has 2 heterocycles. The monoisotopic (exact) mass is 407 g/mol. The molecule has 1 atom stereocenters. The predicted octanol–water partition coefficient (Wildman–Crippen LogP) is 2.70. The number of likely N-dealkylation sites (tertiary alicyclic amines) is 1. The molecule has 1 unspecified atom stereocenters. The number of hydrogen-bond donors (Lipinski definition) is 0. The SMILES string of the molecule is CCOc1ccc(-c2nnc(S(=O)(=O)CC(=O)N3CCCCC3CC)o2)cc1. The maximum absolute atomic E-state index is 12.6.